The predicted octanol–water partition coefficient (Wildman–Crippen LogP) is 2.55. The summed E-state index contributed by atoms with van der Waals surface area (Å²) in [6.07, 6.45) is 2.91. The maximum Gasteiger partial charge on any atom is 0.170 e. The summed E-state index contributed by atoms with van der Waals surface area (Å²) >= 11 is 0. The van der Waals surface area contributed by atoms with E-state index >= 15 is 0 Å². The number of aromatic nitrogens is 1. The van der Waals surface area contributed by atoms with Crippen molar-refractivity contribution < 1.29 is 14.3 Å². The first kappa shape index (κ1) is 13.0. The van der Waals surface area contributed by atoms with Crippen molar-refractivity contribution in [3.63, 3.8) is 0 Å². The molecule has 0 amide bonds. The van der Waals surface area contributed by atoms with Crippen molar-refractivity contribution in [2.45, 2.75) is 6.42 Å². The van der Waals surface area contributed by atoms with Gasteiger partial charge in [0.1, 0.15) is 5.75 Å². The molecule has 0 N–H and O–H groups in total. The summed E-state index contributed by atoms with van der Waals surface area (Å²) in [7, 11) is 1.53. The highest BCUT2D eigenvalue weighted by molar-refractivity contribution is 6.13. The van der Waals surface area contributed by atoms with Crippen LogP contribution in [0.4, 0.5) is 0 Å². The molecular weight excluding hydrogens is 242 g/mol. The fraction of sp³-hybridized carbons (Fsp3) is 0.133. The van der Waals surface area contributed by atoms with Crippen LogP contribution in [0.25, 0.3) is 0 Å². The van der Waals surface area contributed by atoms with E-state index in [2.05, 4.69) is 4.98 Å². The Bertz CT molecular complexity index is 593. The lowest BCUT2D eigenvalue weighted by Crippen LogP contribution is -2.08. The van der Waals surface area contributed by atoms with Gasteiger partial charge in [-0.2, -0.15) is 0 Å². The number of ether oxygens (including phenoxy) is 1. The first-order valence-electron chi connectivity index (χ1n) is 5.81. The van der Waals surface area contributed by atoms with Crippen molar-refractivity contribution in [3.05, 3.63) is 59.9 Å². The average Bonchev–Trinajstić information content (AvgIpc) is 2.48. The molecule has 0 aliphatic heterocycles. The van der Waals surface area contributed by atoms with E-state index in [0.717, 1.165) is 0 Å². The summed E-state index contributed by atoms with van der Waals surface area (Å²) in [4.78, 5) is 27.7. The molecule has 0 atom stereocenters. The van der Waals surface area contributed by atoms with Gasteiger partial charge in [0.25, 0.3) is 0 Å². The molecule has 2 rings (SSSR count). The Morgan fingerprint density at radius 1 is 1.05 bits per heavy atom. The molecule has 96 valence electrons. The molecule has 1 heterocycles. The number of ketones is 2. The third-order valence-electron chi connectivity index (χ3n) is 2.72. The molecule has 2 aromatic rings. The van der Waals surface area contributed by atoms with E-state index in [-0.39, 0.29) is 18.0 Å². The summed E-state index contributed by atoms with van der Waals surface area (Å²) in [6.45, 7) is 0. The summed E-state index contributed by atoms with van der Waals surface area (Å²) in [5.74, 6) is 0.165. The van der Waals surface area contributed by atoms with Gasteiger partial charge in [0.2, 0.25) is 0 Å². The van der Waals surface area contributed by atoms with Crippen LogP contribution in [-0.4, -0.2) is 23.7 Å². The Balaban J connectivity index is 2.11. The number of methoxy groups -OCH3 is 1. The molecule has 0 bridgehead atoms. The van der Waals surface area contributed by atoms with Gasteiger partial charge in [0.05, 0.1) is 13.5 Å². The van der Waals surface area contributed by atoms with Gasteiger partial charge in [-0.3, -0.25) is 14.6 Å². The highest BCUT2D eigenvalue weighted by atomic mass is 16.5. The molecule has 0 unspecified atom stereocenters. The van der Waals surface area contributed by atoms with Crippen molar-refractivity contribution in [2.75, 3.05) is 7.11 Å². The third-order valence-corrected chi connectivity index (χ3v) is 2.72. The second-order valence-electron chi connectivity index (χ2n) is 3.99. The van der Waals surface area contributed by atoms with Gasteiger partial charge in [0, 0.05) is 23.5 Å². The molecular formula is C15H13NO3. The lowest BCUT2D eigenvalue weighted by atomic mass is 10.0. The largest absolute Gasteiger partial charge is 0.497 e. The zero-order valence-electron chi connectivity index (χ0n) is 10.5. The van der Waals surface area contributed by atoms with Gasteiger partial charge < -0.3 is 4.74 Å². The molecule has 1 aromatic heterocycles. The molecule has 4 heteroatoms. The second-order valence-corrected chi connectivity index (χ2v) is 3.99. The molecule has 0 aliphatic rings. The van der Waals surface area contributed by atoms with Crippen molar-refractivity contribution in [2.24, 2.45) is 0 Å². The van der Waals surface area contributed by atoms with Gasteiger partial charge in [-0.15, -0.1) is 0 Å². The lowest BCUT2D eigenvalue weighted by molar-refractivity contribution is 0.0894. The third kappa shape index (κ3) is 3.25. The number of rotatable bonds is 5. The number of benzene rings is 1. The first-order chi connectivity index (χ1) is 9.20. The van der Waals surface area contributed by atoms with E-state index in [0.29, 0.717) is 16.9 Å². The highest BCUT2D eigenvalue weighted by Gasteiger charge is 2.13. The molecule has 19 heavy (non-hydrogen) atoms. The zero-order valence-corrected chi connectivity index (χ0v) is 10.5. The highest BCUT2D eigenvalue weighted by Crippen LogP contribution is 2.15. The van der Waals surface area contributed by atoms with Crippen LogP contribution in [0.15, 0.2) is 48.8 Å². The van der Waals surface area contributed by atoms with Crippen LogP contribution >= 0.6 is 0 Å². The molecule has 0 saturated carbocycles. The Morgan fingerprint density at radius 3 is 2.42 bits per heavy atom. The minimum absolute atomic E-state index is 0.156. The Labute approximate surface area is 111 Å². The summed E-state index contributed by atoms with van der Waals surface area (Å²) < 4.78 is 5.05. The van der Waals surface area contributed by atoms with E-state index in [1.807, 2.05) is 0 Å². The monoisotopic (exact) mass is 255 g/mol. The van der Waals surface area contributed by atoms with E-state index < -0.39 is 0 Å². The topological polar surface area (TPSA) is 56.3 Å². The molecule has 0 saturated heterocycles. The number of pyridine rings is 1. The fourth-order valence-electron chi connectivity index (χ4n) is 1.68. The fourth-order valence-corrected chi connectivity index (χ4v) is 1.68. The van der Waals surface area contributed by atoms with E-state index in [1.165, 1.54) is 19.5 Å². The number of nitrogens with zero attached hydrogens (tertiary/aromatic N) is 1. The molecule has 0 fully saturated rings. The number of carbonyl (C=O) groups excluding carboxylic acids is 2. The summed E-state index contributed by atoms with van der Waals surface area (Å²) in [6, 6.07) is 9.97. The predicted molar refractivity (Wildman–Crippen MR) is 70.5 cm³/mol. The minimum atomic E-state index is -0.222. The van der Waals surface area contributed by atoms with Crippen LogP contribution in [-0.2, 0) is 0 Å². The van der Waals surface area contributed by atoms with Gasteiger partial charge >= 0.3 is 0 Å². The van der Waals surface area contributed by atoms with Crippen LogP contribution in [0.5, 0.6) is 5.75 Å². The molecule has 0 aliphatic carbocycles. The van der Waals surface area contributed by atoms with Gasteiger partial charge in [-0.25, -0.2) is 0 Å². The van der Waals surface area contributed by atoms with E-state index in [1.54, 1.807) is 36.4 Å². The number of hydrogen-bond donors (Lipinski definition) is 0. The average molecular weight is 255 g/mol. The van der Waals surface area contributed by atoms with Gasteiger partial charge in [-0.05, 0) is 24.3 Å². The van der Waals surface area contributed by atoms with Crippen molar-refractivity contribution in [1.82, 2.24) is 4.98 Å². The maximum atomic E-state index is 12.0. The quantitative estimate of drug-likeness (QED) is 0.608. The molecule has 1 aromatic carbocycles. The maximum absolute atomic E-state index is 12.0. The number of carbonyl (C=O) groups is 2. The zero-order chi connectivity index (χ0) is 13.7. The number of Topliss-reactive ketones (excluding diaryl/α,β-unsaturated/α-hetero) is 2. The van der Waals surface area contributed by atoms with E-state index in [4.69, 9.17) is 4.74 Å². The second kappa shape index (κ2) is 5.91. The van der Waals surface area contributed by atoms with E-state index in [9.17, 15) is 9.59 Å². The summed E-state index contributed by atoms with van der Waals surface area (Å²) in [5, 5.41) is 0. The molecule has 4 nitrogen and oxygen atoms in total. The van der Waals surface area contributed by atoms with Crippen molar-refractivity contribution in [3.8, 4) is 5.75 Å². The standard InChI is InChI=1S/C15H13NO3/c1-19-13-4-2-3-12(9-13)15(18)10-14(17)11-5-7-16-8-6-11/h2-9H,10H2,1H3. The first-order valence-corrected chi connectivity index (χ1v) is 5.81. The number of hydrogen-bond acceptors (Lipinski definition) is 4. The van der Waals surface area contributed by atoms with Crippen molar-refractivity contribution >= 4 is 11.6 Å². The van der Waals surface area contributed by atoms with Crippen LogP contribution in [0.3, 0.4) is 0 Å². The Kier molecular flexibility index (Phi) is 4.03. The van der Waals surface area contributed by atoms with Crippen molar-refractivity contribution in [1.29, 1.82) is 0 Å². The summed E-state index contributed by atoms with van der Waals surface area (Å²) in [5.41, 5.74) is 0.966. The Morgan fingerprint density at radius 2 is 1.74 bits per heavy atom. The molecule has 0 spiro atoms. The van der Waals surface area contributed by atoms with Gasteiger partial charge in [0.15, 0.2) is 11.6 Å². The van der Waals surface area contributed by atoms with Crippen LogP contribution < -0.4 is 4.74 Å². The normalized spacial score (nSPS) is 9.95. The van der Waals surface area contributed by atoms with Crippen LogP contribution in [0.1, 0.15) is 27.1 Å². The smallest absolute Gasteiger partial charge is 0.170 e. The lowest BCUT2D eigenvalue weighted by Gasteiger charge is -2.03. The SMILES string of the molecule is COc1cccc(C(=O)CC(=O)c2ccncc2)c1. The Hall–Kier alpha value is -2.49. The minimum Gasteiger partial charge on any atom is -0.497 e. The molecule has 0 radical (unpaired) electrons. The van der Waals surface area contributed by atoms with Gasteiger partial charge in [-0.1, -0.05) is 12.1 Å². The van der Waals surface area contributed by atoms with Crippen LogP contribution in [0, 0.1) is 0 Å². The van der Waals surface area contributed by atoms with Crippen LogP contribution in [0.2, 0.25) is 0 Å².